The number of alkyl halides is 3. The third kappa shape index (κ3) is 6.53. The monoisotopic (exact) mass is 637 g/mol. The second kappa shape index (κ2) is 13.0. The molecule has 0 radical (unpaired) electrons. The van der Waals surface area contributed by atoms with Gasteiger partial charge in [0.1, 0.15) is 17.2 Å². The lowest BCUT2D eigenvalue weighted by molar-refractivity contribution is -0.141. The molecule has 1 amide bonds. The first-order valence-electron chi connectivity index (χ1n) is 15.3. The largest absolute Gasteiger partial charge is 0.433 e. The van der Waals surface area contributed by atoms with E-state index in [4.69, 9.17) is 4.74 Å². The van der Waals surface area contributed by atoms with E-state index in [0.29, 0.717) is 67.9 Å². The van der Waals surface area contributed by atoms with Crippen molar-refractivity contribution in [2.24, 2.45) is 0 Å². The van der Waals surface area contributed by atoms with E-state index in [9.17, 15) is 27.6 Å². The van der Waals surface area contributed by atoms with Crippen LogP contribution in [0.1, 0.15) is 59.5 Å². The minimum Gasteiger partial charge on any atom is -0.379 e. The Morgan fingerprint density at radius 3 is 2.48 bits per heavy atom. The van der Waals surface area contributed by atoms with Crippen LogP contribution in [0.5, 0.6) is 0 Å². The Labute approximate surface area is 262 Å². The molecule has 0 spiro atoms. The Morgan fingerprint density at radius 2 is 1.85 bits per heavy atom. The highest BCUT2D eigenvalue weighted by Gasteiger charge is 2.33. The summed E-state index contributed by atoms with van der Waals surface area (Å²) in [5.74, 6) is -0.229. The predicted molar refractivity (Wildman–Crippen MR) is 167 cm³/mol. The summed E-state index contributed by atoms with van der Waals surface area (Å²) >= 11 is 0. The molecule has 1 aliphatic carbocycles. The van der Waals surface area contributed by atoms with E-state index < -0.39 is 17.8 Å². The van der Waals surface area contributed by atoms with E-state index >= 15 is 0 Å². The van der Waals surface area contributed by atoms with Gasteiger partial charge in [-0.05, 0) is 55.7 Å². The number of aromatic nitrogens is 4. The van der Waals surface area contributed by atoms with E-state index in [0.717, 1.165) is 37.6 Å². The van der Waals surface area contributed by atoms with Gasteiger partial charge in [-0.15, -0.1) is 0 Å². The summed E-state index contributed by atoms with van der Waals surface area (Å²) in [4.78, 5) is 51.9. The minimum absolute atomic E-state index is 0.000749. The lowest BCUT2D eigenvalue weighted by Crippen LogP contribution is -2.43. The Kier molecular flexibility index (Phi) is 8.91. The molecule has 11 nitrogen and oxygen atoms in total. The first-order chi connectivity index (χ1) is 22.2. The molecule has 1 saturated carbocycles. The van der Waals surface area contributed by atoms with Crippen molar-refractivity contribution in [3.8, 4) is 0 Å². The number of hydrogen-bond donors (Lipinski definition) is 1. The number of morpholine rings is 1. The fraction of sp³-hybridized carbons (Fsp3) is 0.406. The highest BCUT2D eigenvalue weighted by Crippen LogP contribution is 2.33. The fourth-order valence-electron chi connectivity index (χ4n) is 5.59. The third-order valence-electron chi connectivity index (χ3n) is 8.18. The van der Waals surface area contributed by atoms with Crippen molar-refractivity contribution in [1.29, 1.82) is 0 Å². The Hall–Kier alpha value is -4.56. The SMILES string of the molecule is CCCn1c2c(c(=O)n(C3CC3)c1=O)NC(c1ccc(N(CCN3CCOCC3)C(=O)c3ccc(C(F)(F)F)nc3)nc1)=CC=C2. The number of halogens is 3. The van der Waals surface area contributed by atoms with Crippen LogP contribution in [0.3, 0.4) is 0 Å². The van der Waals surface area contributed by atoms with Gasteiger partial charge in [0.25, 0.3) is 11.5 Å². The number of nitrogens with zero attached hydrogens (tertiary/aromatic N) is 6. The molecule has 0 atom stereocenters. The standard InChI is InChI=1S/C32H34F3N7O4/c1-2-12-40-25-5-3-4-24(38-28(25)30(44)42(31(40)45)23-8-9-23)21-7-11-27(37-19-21)41(14-13-39-15-17-46-18-16-39)29(43)22-6-10-26(36-20-22)32(33,34)35/h3-7,10-11,19-20,23,38H,2,8-9,12-18H2,1H3. The number of pyridine rings is 2. The van der Waals surface area contributed by atoms with E-state index in [2.05, 4.69) is 20.2 Å². The first kappa shape index (κ1) is 31.4. The van der Waals surface area contributed by atoms with E-state index in [1.165, 1.54) is 9.47 Å². The number of rotatable bonds is 9. The zero-order valence-corrected chi connectivity index (χ0v) is 25.3. The second-order valence-corrected chi connectivity index (χ2v) is 11.4. The lowest BCUT2D eigenvalue weighted by Gasteiger charge is -2.30. The molecule has 3 aromatic rings. The average Bonchev–Trinajstić information content (AvgIpc) is 3.91. The molecule has 3 aromatic heterocycles. The lowest BCUT2D eigenvalue weighted by atomic mass is 10.1. The van der Waals surface area contributed by atoms with Crippen LogP contribution in [0.4, 0.5) is 24.7 Å². The molecule has 1 saturated heterocycles. The summed E-state index contributed by atoms with van der Waals surface area (Å²) in [6.45, 7) is 5.72. The van der Waals surface area contributed by atoms with Crippen LogP contribution in [-0.4, -0.2) is 69.3 Å². The normalized spacial score (nSPS) is 16.7. The molecule has 1 N–H and O–H groups in total. The van der Waals surface area contributed by atoms with Crippen LogP contribution in [-0.2, 0) is 17.5 Å². The van der Waals surface area contributed by atoms with Gasteiger partial charge in [-0.25, -0.2) is 9.78 Å². The molecule has 14 heteroatoms. The quantitative estimate of drug-likeness (QED) is 0.374. The van der Waals surface area contributed by atoms with Crippen molar-refractivity contribution in [2.45, 2.75) is 44.9 Å². The number of ether oxygens (including phenoxy) is 1. The van der Waals surface area contributed by atoms with Crippen molar-refractivity contribution in [2.75, 3.05) is 49.6 Å². The van der Waals surface area contributed by atoms with Gasteiger partial charge in [-0.3, -0.25) is 33.5 Å². The molecule has 0 unspecified atom stereocenters. The Balaban J connectivity index is 1.28. The Morgan fingerprint density at radius 1 is 1.07 bits per heavy atom. The maximum Gasteiger partial charge on any atom is 0.433 e. The number of amides is 1. The fourth-order valence-corrected chi connectivity index (χ4v) is 5.59. The van der Waals surface area contributed by atoms with Crippen LogP contribution in [0.2, 0.25) is 0 Å². The van der Waals surface area contributed by atoms with Crippen molar-refractivity contribution < 1.29 is 22.7 Å². The van der Waals surface area contributed by atoms with E-state index in [-0.39, 0.29) is 29.4 Å². The van der Waals surface area contributed by atoms with Crippen LogP contribution in [0, 0.1) is 0 Å². The van der Waals surface area contributed by atoms with Gasteiger partial charge in [0, 0.05) is 62.4 Å². The smallest absolute Gasteiger partial charge is 0.379 e. The molecule has 0 bridgehead atoms. The zero-order valence-electron chi connectivity index (χ0n) is 25.3. The molecule has 46 heavy (non-hydrogen) atoms. The summed E-state index contributed by atoms with van der Waals surface area (Å²) in [6, 6.07) is 5.21. The number of nitrogens with one attached hydrogen (secondary N) is 1. The molecule has 242 valence electrons. The van der Waals surface area contributed by atoms with E-state index in [1.54, 1.807) is 41.1 Å². The third-order valence-corrected chi connectivity index (χ3v) is 8.18. The van der Waals surface area contributed by atoms with Crippen LogP contribution < -0.4 is 21.5 Å². The second-order valence-electron chi connectivity index (χ2n) is 11.4. The summed E-state index contributed by atoms with van der Waals surface area (Å²) in [6.07, 6.45) is 5.46. The number of anilines is 2. The number of carbonyl (C=O) groups excluding carboxylic acids is 1. The molecule has 5 heterocycles. The molecule has 6 rings (SSSR count). The van der Waals surface area contributed by atoms with Crippen molar-refractivity contribution in [3.63, 3.8) is 0 Å². The van der Waals surface area contributed by atoms with Gasteiger partial charge in [0.2, 0.25) is 0 Å². The van der Waals surface area contributed by atoms with Gasteiger partial charge in [0.15, 0.2) is 0 Å². The van der Waals surface area contributed by atoms with Gasteiger partial charge in [0.05, 0.1) is 24.5 Å². The zero-order chi connectivity index (χ0) is 32.4. The van der Waals surface area contributed by atoms with Crippen molar-refractivity contribution in [1.82, 2.24) is 24.0 Å². The number of hydrogen-bond acceptors (Lipinski definition) is 8. The predicted octanol–water partition coefficient (Wildman–Crippen LogP) is 4.02. The average molecular weight is 638 g/mol. The first-order valence-corrected chi connectivity index (χ1v) is 15.3. The maximum absolute atomic E-state index is 13.6. The summed E-state index contributed by atoms with van der Waals surface area (Å²) in [5, 5.41) is 3.24. The highest BCUT2D eigenvalue weighted by molar-refractivity contribution is 6.05. The van der Waals surface area contributed by atoms with Crippen LogP contribution in [0.25, 0.3) is 11.8 Å². The molecular weight excluding hydrogens is 603 g/mol. The summed E-state index contributed by atoms with van der Waals surface area (Å²) in [5.41, 5.74) is 0.260. The van der Waals surface area contributed by atoms with Crippen LogP contribution >= 0.6 is 0 Å². The molecule has 3 aliphatic rings. The molecular formula is C32H34F3N7O4. The van der Waals surface area contributed by atoms with Gasteiger partial charge in [-0.2, -0.15) is 13.2 Å². The minimum atomic E-state index is -4.62. The van der Waals surface area contributed by atoms with Crippen molar-refractivity contribution in [3.05, 3.63) is 92.2 Å². The van der Waals surface area contributed by atoms with E-state index in [1.807, 2.05) is 6.92 Å². The number of carbonyl (C=O) groups is 1. The Bertz CT molecular complexity index is 1770. The van der Waals surface area contributed by atoms with Gasteiger partial charge in [-0.1, -0.05) is 13.0 Å². The number of allylic oxidation sites excluding steroid dienone is 2. The molecule has 2 fully saturated rings. The van der Waals surface area contributed by atoms with Gasteiger partial charge < -0.3 is 10.1 Å². The summed E-state index contributed by atoms with van der Waals surface area (Å²) < 4.78 is 47.7. The topological polar surface area (TPSA) is 115 Å². The molecule has 0 aromatic carbocycles. The van der Waals surface area contributed by atoms with Crippen LogP contribution in [0.15, 0.2) is 58.4 Å². The van der Waals surface area contributed by atoms with Gasteiger partial charge >= 0.3 is 11.9 Å². The molecule has 2 aliphatic heterocycles. The summed E-state index contributed by atoms with van der Waals surface area (Å²) in [7, 11) is 0. The van der Waals surface area contributed by atoms with Crippen molar-refractivity contribution >= 4 is 29.2 Å². The maximum atomic E-state index is 13.6. The highest BCUT2D eigenvalue weighted by atomic mass is 19.4. The number of fused-ring (bicyclic) bond motifs is 1.